The minimum absolute atomic E-state index is 0.0172. The fourth-order valence-electron chi connectivity index (χ4n) is 1.77. The van der Waals surface area contributed by atoms with Gasteiger partial charge in [0.25, 0.3) is 11.8 Å². The van der Waals surface area contributed by atoms with E-state index in [9.17, 15) is 19.2 Å². The van der Waals surface area contributed by atoms with Crippen molar-refractivity contribution in [3.63, 3.8) is 0 Å². The Morgan fingerprint density at radius 1 is 1.00 bits per heavy atom. The first-order chi connectivity index (χ1) is 11.6. The molecule has 136 valence electrons. The first-order valence-corrected chi connectivity index (χ1v) is 7.69. The second-order valence-electron chi connectivity index (χ2n) is 6.40. The maximum absolute atomic E-state index is 12.0. The van der Waals surface area contributed by atoms with Crippen LogP contribution in [0.1, 0.15) is 43.6 Å². The van der Waals surface area contributed by atoms with Crippen molar-refractivity contribution >= 4 is 23.7 Å². The summed E-state index contributed by atoms with van der Waals surface area (Å²) >= 11 is 0. The van der Waals surface area contributed by atoms with Crippen LogP contribution in [0, 0.1) is 0 Å². The second kappa shape index (κ2) is 8.81. The van der Waals surface area contributed by atoms with E-state index >= 15 is 0 Å². The Bertz CT molecular complexity index is 647. The number of esters is 1. The molecule has 0 radical (unpaired) electrons. The van der Waals surface area contributed by atoms with E-state index < -0.39 is 30.3 Å². The summed E-state index contributed by atoms with van der Waals surface area (Å²) in [5, 5.41) is 2.42. The zero-order valence-corrected chi connectivity index (χ0v) is 14.8. The standard InChI is InChI=1S/C17H23N3O5/c1-11(21)19-20-14(22)10-25-15(23)9-18-16(24)12-5-7-13(8-6-12)17(2,3)4/h5-8H,9-10H2,1-4H3,(H,18,24)(H,19,21)(H,20,22). The summed E-state index contributed by atoms with van der Waals surface area (Å²) in [5.41, 5.74) is 5.59. The van der Waals surface area contributed by atoms with E-state index in [1.807, 2.05) is 17.6 Å². The lowest BCUT2D eigenvalue weighted by Crippen LogP contribution is -2.43. The summed E-state index contributed by atoms with van der Waals surface area (Å²) in [5.74, 6) is -2.32. The minimum atomic E-state index is -0.766. The molecule has 0 bridgehead atoms. The number of hydrogen-bond donors (Lipinski definition) is 3. The zero-order valence-electron chi connectivity index (χ0n) is 14.8. The summed E-state index contributed by atoms with van der Waals surface area (Å²) in [4.78, 5) is 45.3. The van der Waals surface area contributed by atoms with E-state index in [1.54, 1.807) is 12.1 Å². The van der Waals surface area contributed by atoms with Gasteiger partial charge in [0.2, 0.25) is 5.91 Å². The van der Waals surface area contributed by atoms with E-state index in [-0.39, 0.29) is 12.0 Å². The Morgan fingerprint density at radius 2 is 1.60 bits per heavy atom. The van der Waals surface area contributed by atoms with Gasteiger partial charge in [-0.2, -0.15) is 0 Å². The molecule has 0 aliphatic rings. The second-order valence-corrected chi connectivity index (χ2v) is 6.40. The average Bonchev–Trinajstić information content (AvgIpc) is 2.55. The van der Waals surface area contributed by atoms with Crippen molar-refractivity contribution in [2.45, 2.75) is 33.1 Å². The Morgan fingerprint density at radius 3 is 2.12 bits per heavy atom. The summed E-state index contributed by atoms with van der Waals surface area (Å²) in [6, 6.07) is 7.09. The van der Waals surface area contributed by atoms with Crippen LogP contribution < -0.4 is 16.2 Å². The molecule has 3 amide bonds. The van der Waals surface area contributed by atoms with Crippen molar-refractivity contribution in [2.75, 3.05) is 13.2 Å². The van der Waals surface area contributed by atoms with Crippen LogP contribution >= 0.6 is 0 Å². The van der Waals surface area contributed by atoms with Gasteiger partial charge in [-0.15, -0.1) is 0 Å². The predicted molar refractivity (Wildman–Crippen MR) is 90.4 cm³/mol. The van der Waals surface area contributed by atoms with Crippen molar-refractivity contribution < 1.29 is 23.9 Å². The third-order valence-electron chi connectivity index (χ3n) is 3.15. The molecular formula is C17H23N3O5. The molecule has 25 heavy (non-hydrogen) atoms. The molecule has 8 heteroatoms. The van der Waals surface area contributed by atoms with Crippen LogP contribution in [0.3, 0.4) is 0 Å². The van der Waals surface area contributed by atoms with Crippen LogP contribution in [0.25, 0.3) is 0 Å². The molecule has 0 aromatic heterocycles. The summed E-state index contributed by atoms with van der Waals surface area (Å²) in [7, 11) is 0. The highest BCUT2D eigenvalue weighted by Gasteiger charge is 2.15. The molecule has 8 nitrogen and oxygen atoms in total. The van der Waals surface area contributed by atoms with Crippen LogP contribution in [0.4, 0.5) is 0 Å². The van der Waals surface area contributed by atoms with Gasteiger partial charge in [0, 0.05) is 12.5 Å². The van der Waals surface area contributed by atoms with Crippen molar-refractivity contribution in [3.05, 3.63) is 35.4 Å². The van der Waals surface area contributed by atoms with E-state index in [0.29, 0.717) is 5.56 Å². The normalized spacial score (nSPS) is 10.6. The molecule has 0 heterocycles. The fraction of sp³-hybridized carbons (Fsp3) is 0.412. The molecule has 1 aromatic rings. The first-order valence-electron chi connectivity index (χ1n) is 7.69. The van der Waals surface area contributed by atoms with E-state index in [2.05, 4.69) is 36.3 Å². The van der Waals surface area contributed by atoms with Crippen molar-refractivity contribution in [3.8, 4) is 0 Å². The molecule has 1 rings (SSSR count). The molecule has 1 aromatic carbocycles. The lowest BCUT2D eigenvalue weighted by Gasteiger charge is -2.19. The highest BCUT2D eigenvalue weighted by molar-refractivity contribution is 5.96. The molecule has 0 unspecified atom stereocenters. The Kier molecular flexibility index (Phi) is 7.10. The monoisotopic (exact) mass is 349 g/mol. The van der Waals surface area contributed by atoms with Crippen LogP contribution in [-0.2, 0) is 24.5 Å². The molecule has 0 aliphatic carbocycles. The number of amides is 3. The van der Waals surface area contributed by atoms with Gasteiger partial charge in [0.15, 0.2) is 6.61 Å². The van der Waals surface area contributed by atoms with Gasteiger partial charge in [-0.1, -0.05) is 32.9 Å². The molecule has 0 spiro atoms. The first kappa shape index (κ1) is 20.1. The van der Waals surface area contributed by atoms with Crippen molar-refractivity contribution in [1.29, 1.82) is 0 Å². The zero-order chi connectivity index (χ0) is 19.0. The van der Waals surface area contributed by atoms with E-state index in [4.69, 9.17) is 0 Å². The minimum Gasteiger partial charge on any atom is -0.454 e. The van der Waals surface area contributed by atoms with Crippen molar-refractivity contribution in [2.24, 2.45) is 0 Å². The van der Waals surface area contributed by atoms with Gasteiger partial charge >= 0.3 is 5.97 Å². The summed E-state index contributed by atoms with van der Waals surface area (Å²) in [6.45, 7) is 6.50. The number of carbonyl (C=O) groups is 4. The molecule has 0 atom stereocenters. The van der Waals surface area contributed by atoms with E-state index in [1.165, 1.54) is 6.92 Å². The lowest BCUT2D eigenvalue weighted by atomic mass is 9.87. The molecular weight excluding hydrogens is 326 g/mol. The van der Waals surface area contributed by atoms with Gasteiger partial charge in [-0.25, -0.2) is 0 Å². The number of hydrogen-bond acceptors (Lipinski definition) is 5. The smallest absolute Gasteiger partial charge is 0.325 e. The quantitative estimate of drug-likeness (QED) is 0.527. The largest absolute Gasteiger partial charge is 0.454 e. The van der Waals surface area contributed by atoms with Crippen LogP contribution in [0.2, 0.25) is 0 Å². The van der Waals surface area contributed by atoms with Crippen LogP contribution in [-0.4, -0.2) is 36.8 Å². The number of nitrogens with one attached hydrogen (secondary N) is 3. The van der Waals surface area contributed by atoms with Gasteiger partial charge in [-0.3, -0.25) is 30.0 Å². The Labute approximate surface area is 146 Å². The van der Waals surface area contributed by atoms with Gasteiger partial charge in [-0.05, 0) is 23.1 Å². The maximum atomic E-state index is 12.0. The molecule has 0 fully saturated rings. The number of rotatable bonds is 5. The Balaban J connectivity index is 2.39. The predicted octanol–water partition coefficient (Wildman–Crippen LogP) is 0.424. The highest BCUT2D eigenvalue weighted by Crippen LogP contribution is 2.22. The molecule has 0 aliphatic heterocycles. The summed E-state index contributed by atoms with van der Waals surface area (Å²) in [6.07, 6.45) is 0. The molecule has 3 N–H and O–H groups in total. The fourth-order valence-corrected chi connectivity index (χ4v) is 1.77. The molecule has 0 saturated heterocycles. The third kappa shape index (κ3) is 7.47. The lowest BCUT2D eigenvalue weighted by molar-refractivity contribution is -0.148. The van der Waals surface area contributed by atoms with Gasteiger partial charge < -0.3 is 10.1 Å². The topological polar surface area (TPSA) is 114 Å². The van der Waals surface area contributed by atoms with Crippen molar-refractivity contribution in [1.82, 2.24) is 16.2 Å². The Hall–Kier alpha value is -2.90. The number of hydrazine groups is 1. The van der Waals surface area contributed by atoms with Gasteiger partial charge in [0.05, 0.1) is 0 Å². The van der Waals surface area contributed by atoms with Crippen LogP contribution in [0.5, 0.6) is 0 Å². The highest BCUT2D eigenvalue weighted by atomic mass is 16.5. The van der Waals surface area contributed by atoms with E-state index in [0.717, 1.165) is 5.56 Å². The SMILES string of the molecule is CC(=O)NNC(=O)COC(=O)CNC(=O)c1ccc(C(C)(C)C)cc1. The molecule has 0 saturated carbocycles. The number of ether oxygens (including phenoxy) is 1. The third-order valence-corrected chi connectivity index (χ3v) is 3.15. The number of carbonyl (C=O) groups excluding carboxylic acids is 4. The van der Waals surface area contributed by atoms with Crippen LogP contribution in [0.15, 0.2) is 24.3 Å². The number of benzene rings is 1. The summed E-state index contributed by atoms with van der Waals surface area (Å²) < 4.78 is 4.67. The maximum Gasteiger partial charge on any atom is 0.325 e. The average molecular weight is 349 g/mol. The van der Waals surface area contributed by atoms with Gasteiger partial charge in [0.1, 0.15) is 6.54 Å².